The number of benzene rings is 2. The summed E-state index contributed by atoms with van der Waals surface area (Å²) in [6.45, 7) is 0. The summed E-state index contributed by atoms with van der Waals surface area (Å²) in [6, 6.07) is 13.5. The highest BCUT2D eigenvalue weighted by atomic mass is 32.2. The van der Waals surface area contributed by atoms with Crippen LogP contribution in [0.5, 0.6) is 0 Å². The van der Waals surface area contributed by atoms with Gasteiger partial charge in [0.05, 0.1) is 33.2 Å². The molecule has 0 atom stereocenters. The molecule has 1 amide bonds. The number of hydrazone groups is 1. The third kappa shape index (κ3) is 3.58. The van der Waals surface area contributed by atoms with Crippen LogP contribution in [-0.2, 0) is 18.9 Å². The first kappa shape index (κ1) is 18.5. The van der Waals surface area contributed by atoms with Gasteiger partial charge in [0.2, 0.25) is 0 Å². The van der Waals surface area contributed by atoms with Crippen LogP contribution in [0.3, 0.4) is 0 Å². The minimum Gasteiger partial charge on any atom is -0.295 e. The number of nitrogens with zero attached hydrogens (tertiary/aromatic N) is 4. The van der Waals surface area contributed by atoms with Crippen LogP contribution in [0.25, 0.3) is 21.3 Å². The lowest BCUT2D eigenvalue weighted by Gasteiger charge is -1.99. The van der Waals surface area contributed by atoms with E-state index in [-0.39, 0.29) is 17.3 Å². The van der Waals surface area contributed by atoms with Gasteiger partial charge in [-0.2, -0.15) is 5.10 Å². The summed E-state index contributed by atoms with van der Waals surface area (Å²) in [5.74, 6) is 0.0392. The summed E-state index contributed by atoms with van der Waals surface area (Å²) in [5.41, 5.74) is 5.85. The van der Waals surface area contributed by atoms with E-state index in [1.807, 2.05) is 42.5 Å². The molecule has 9 heteroatoms. The van der Waals surface area contributed by atoms with Crippen LogP contribution >= 0.6 is 23.1 Å². The molecule has 0 bridgehead atoms. The van der Waals surface area contributed by atoms with Gasteiger partial charge in [0.25, 0.3) is 5.91 Å². The predicted octanol–water partition coefficient (Wildman–Crippen LogP) is 2.73. The Morgan fingerprint density at radius 3 is 2.82 bits per heavy atom. The molecule has 4 aromatic rings. The Hall–Kier alpha value is -2.91. The Balaban J connectivity index is 1.37. The fraction of sp³-hybridized carbons (Fsp3) is 0.158. The van der Waals surface area contributed by atoms with Crippen molar-refractivity contribution in [2.45, 2.75) is 4.34 Å². The van der Waals surface area contributed by atoms with E-state index in [4.69, 9.17) is 0 Å². The molecule has 0 aliphatic rings. The van der Waals surface area contributed by atoms with E-state index in [1.165, 1.54) is 11.8 Å². The first-order valence-corrected chi connectivity index (χ1v) is 10.3. The molecule has 2 heterocycles. The van der Waals surface area contributed by atoms with Gasteiger partial charge in [0.1, 0.15) is 0 Å². The second-order valence-corrected chi connectivity index (χ2v) is 8.43. The van der Waals surface area contributed by atoms with E-state index in [0.717, 1.165) is 31.2 Å². The molecule has 0 saturated carbocycles. The number of thiazole rings is 1. The molecule has 0 saturated heterocycles. The Labute approximate surface area is 168 Å². The van der Waals surface area contributed by atoms with Crippen molar-refractivity contribution in [2.75, 3.05) is 5.75 Å². The van der Waals surface area contributed by atoms with Crippen molar-refractivity contribution in [3.63, 3.8) is 0 Å². The summed E-state index contributed by atoms with van der Waals surface area (Å²) in [4.78, 5) is 28.5. The summed E-state index contributed by atoms with van der Waals surface area (Å²) in [5, 5.41) is 4.01. The lowest BCUT2D eigenvalue weighted by molar-refractivity contribution is -0.118. The number of aromatic nitrogens is 3. The fourth-order valence-corrected chi connectivity index (χ4v) is 4.72. The maximum Gasteiger partial charge on any atom is 0.328 e. The lowest BCUT2D eigenvalue weighted by Crippen LogP contribution is -2.19. The third-order valence-electron chi connectivity index (χ3n) is 4.30. The molecule has 2 aromatic carbocycles. The van der Waals surface area contributed by atoms with Crippen LogP contribution in [0.15, 0.2) is 56.7 Å². The number of hydrogen-bond acceptors (Lipinski definition) is 6. The van der Waals surface area contributed by atoms with Crippen molar-refractivity contribution in [3.8, 4) is 0 Å². The van der Waals surface area contributed by atoms with Crippen LogP contribution < -0.4 is 11.1 Å². The van der Waals surface area contributed by atoms with E-state index in [1.54, 1.807) is 40.8 Å². The second kappa shape index (κ2) is 7.61. The van der Waals surface area contributed by atoms with E-state index in [0.29, 0.717) is 0 Å². The van der Waals surface area contributed by atoms with E-state index in [9.17, 15) is 9.59 Å². The molecule has 0 spiro atoms. The minimum atomic E-state index is -0.200. The zero-order chi connectivity index (χ0) is 19.7. The van der Waals surface area contributed by atoms with Crippen LogP contribution in [0, 0.1) is 0 Å². The average Bonchev–Trinajstić information content (AvgIpc) is 3.21. The average molecular weight is 412 g/mol. The Morgan fingerprint density at radius 1 is 1.21 bits per heavy atom. The molecule has 2 aromatic heterocycles. The number of para-hydroxylation sites is 1. The van der Waals surface area contributed by atoms with E-state index < -0.39 is 0 Å². The van der Waals surface area contributed by atoms with Gasteiger partial charge >= 0.3 is 5.69 Å². The largest absolute Gasteiger partial charge is 0.328 e. The molecule has 4 rings (SSSR count). The quantitative estimate of drug-likeness (QED) is 0.311. The van der Waals surface area contributed by atoms with Crippen LogP contribution in [0.4, 0.5) is 0 Å². The van der Waals surface area contributed by atoms with Gasteiger partial charge in [-0.15, -0.1) is 11.3 Å². The number of carbonyl (C=O) groups excluding carboxylic acids is 1. The van der Waals surface area contributed by atoms with Crippen molar-refractivity contribution in [3.05, 3.63) is 58.5 Å². The molecule has 0 aliphatic heterocycles. The highest BCUT2D eigenvalue weighted by molar-refractivity contribution is 8.01. The monoisotopic (exact) mass is 411 g/mol. The van der Waals surface area contributed by atoms with Crippen molar-refractivity contribution in [1.82, 2.24) is 19.5 Å². The number of nitrogens with one attached hydrogen (secondary N) is 1. The first-order valence-electron chi connectivity index (χ1n) is 8.48. The number of imidazole rings is 1. The van der Waals surface area contributed by atoms with Gasteiger partial charge < -0.3 is 0 Å². The molecule has 7 nitrogen and oxygen atoms in total. The second-order valence-electron chi connectivity index (χ2n) is 6.18. The zero-order valence-corrected chi connectivity index (χ0v) is 16.9. The summed E-state index contributed by atoms with van der Waals surface area (Å²) in [7, 11) is 3.47. The minimum absolute atomic E-state index is 0.0794. The standard InChI is InChI=1S/C19H17N5O2S2/c1-23-14-8-7-12(9-15(14)24(2)19(23)26)10-20-22-17(25)11-27-18-21-13-5-3-4-6-16(13)28-18/h3-10H,11H2,1-2H3,(H,22,25)/b20-10-. The molecule has 28 heavy (non-hydrogen) atoms. The summed E-state index contributed by atoms with van der Waals surface area (Å²) < 4.78 is 5.14. The predicted molar refractivity (Wildman–Crippen MR) is 114 cm³/mol. The van der Waals surface area contributed by atoms with Crippen molar-refractivity contribution in [2.24, 2.45) is 19.2 Å². The molecule has 0 radical (unpaired) electrons. The molecular weight excluding hydrogens is 394 g/mol. The normalized spacial score (nSPS) is 11.6. The van der Waals surface area contributed by atoms with Gasteiger partial charge in [0.15, 0.2) is 4.34 Å². The van der Waals surface area contributed by atoms with Crippen molar-refractivity contribution in [1.29, 1.82) is 0 Å². The van der Waals surface area contributed by atoms with Crippen molar-refractivity contribution >= 4 is 56.5 Å². The number of hydrogen-bond donors (Lipinski definition) is 1. The Kier molecular flexibility index (Phi) is 5.01. The first-order chi connectivity index (χ1) is 13.5. The Morgan fingerprint density at radius 2 is 2.00 bits per heavy atom. The Bertz CT molecular complexity index is 1240. The van der Waals surface area contributed by atoms with Crippen LogP contribution in [0.1, 0.15) is 5.56 Å². The molecule has 142 valence electrons. The molecular formula is C19H17N5O2S2. The smallest absolute Gasteiger partial charge is 0.295 e. The molecule has 1 N–H and O–H groups in total. The molecule has 0 fully saturated rings. The van der Waals surface area contributed by atoms with Gasteiger partial charge in [0, 0.05) is 14.1 Å². The SMILES string of the molecule is Cn1c(=O)n(C)c2cc(/C=N\NC(=O)CSc3nc4ccccc4s3)ccc21. The molecule has 0 unspecified atom stereocenters. The van der Waals surface area contributed by atoms with Gasteiger partial charge in [-0.25, -0.2) is 15.2 Å². The maximum absolute atomic E-state index is 12.0. The van der Waals surface area contributed by atoms with Crippen LogP contribution in [0.2, 0.25) is 0 Å². The zero-order valence-electron chi connectivity index (χ0n) is 15.2. The number of aryl methyl sites for hydroxylation is 2. The van der Waals surface area contributed by atoms with Gasteiger partial charge in [-0.1, -0.05) is 30.0 Å². The highest BCUT2D eigenvalue weighted by Crippen LogP contribution is 2.28. The number of thioether (sulfide) groups is 1. The summed E-state index contributed by atoms with van der Waals surface area (Å²) >= 11 is 2.96. The highest BCUT2D eigenvalue weighted by Gasteiger charge is 2.08. The lowest BCUT2D eigenvalue weighted by atomic mass is 10.2. The number of amides is 1. The number of fused-ring (bicyclic) bond motifs is 2. The summed E-state index contributed by atoms with van der Waals surface area (Å²) in [6.07, 6.45) is 1.57. The van der Waals surface area contributed by atoms with Gasteiger partial charge in [-0.3, -0.25) is 13.9 Å². The van der Waals surface area contributed by atoms with Crippen LogP contribution in [-0.4, -0.2) is 32.0 Å². The topological polar surface area (TPSA) is 81.3 Å². The maximum atomic E-state index is 12.0. The fourth-order valence-electron chi connectivity index (χ4n) is 2.86. The van der Waals surface area contributed by atoms with Gasteiger partial charge in [-0.05, 0) is 29.8 Å². The van der Waals surface area contributed by atoms with Crippen molar-refractivity contribution < 1.29 is 4.79 Å². The van der Waals surface area contributed by atoms with E-state index >= 15 is 0 Å². The number of rotatable bonds is 5. The molecule has 0 aliphatic carbocycles. The third-order valence-corrected chi connectivity index (χ3v) is 6.48. The number of carbonyl (C=O) groups is 1. The van der Waals surface area contributed by atoms with E-state index in [2.05, 4.69) is 15.5 Å².